The van der Waals surface area contributed by atoms with Gasteiger partial charge in [-0.2, -0.15) is 0 Å². The van der Waals surface area contributed by atoms with E-state index in [1.807, 2.05) is 51.1 Å². The molecule has 0 aliphatic carbocycles. The van der Waals surface area contributed by atoms with Crippen molar-refractivity contribution in [3.63, 3.8) is 0 Å². The lowest BCUT2D eigenvalue weighted by atomic mass is 10.0. The molecule has 3 atom stereocenters. The number of nitrogens with two attached hydrogens (primary N) is 1. The minimum atomic E-state index is -0.161. The molecule has 3 heteroatoms. The van der Waals surface area contributed by atoms with E-state index in [0.29, 0.717) is 0 Å². The van der Waals surface area contributed by atoms with Crippen molar-refractivity contribution in [2.24, 2.45) is 11.7 Å². The molecule has 1 amide bonds. The van der Waals surface area contributed by atoms with E-state index in [1.165, 1.54) is 0 Å². The summed E-state index contributed by atoms with van der Waals surface area (Å²) in [5, 5.41) is 2.96. The van der Waals surface area contributed by atoms with E-state index < -0.39 is 0 Å². The molecule has 0 spiro atoms. The van der Waals surface area contributed by atoms with Gasteiger partial charge in [-0.25, -0.2) is 0 Å². The predicted octanol–water partition coefficient (Wildman–Crippen LogP) is 1.85. The van der Waals surface area contributed by atoms with Crippen LogP contribution in [0.25, 0.3) is 0 Å². The van der Waals surface area contributed by atoms with Crippen LogP contribution >= 0.6 is 0 Å². The highest BCUT2D eigenvalue weighted by Crippen LogP contribution is 2.12. The number of hydrogen-bond donors (Lipinski definition) is 2. The molecule has 0 saturated carbocycles. The van der Waals surface area contributed by atoms with Gasteiger partial charge in [0.25, 0.3) is 0 Å². The lowest BCUT2D eigenvalue weighted by molar-refractivity contribution is -0.125. The van der Waals surface area contributed by atoms with Gasteiger partial charge >= 0.3 is 0 Å². The number of carbonyl (C=O) groups excluding carboxylic acids is 1. The summed E-state index contributed by atoms with van der Waals surface area (Å²) in [5.41, 5.74) is 6.79. The van der Waals surface area contributed by atoms with Gasteiger partial charge in [-0.15, -0.1) is 0 Å². The molecule has 0 aliphatic heterocycles. The third kappa shape index (κ3) is 3.35. The van der Waals surface area contributed by atoms with Crippen molar-refractivity contribution in [2.45, 2.75) is 32.9 Å². The molecule has 1 aromatic rings. The van der Waals surface area contributed by atoms with Crippen molar-refractivity contribution in [1.82, 2.24) is 5.32 Å². The van der Waals surface area contributed by atoms with Crippen LogP contribution in [0.4, 0.5) is 0 Å². The number of rotatable bonds is 4. The molecule has 0 aliphatic rings. The highest BCUT2D eigenvalue weighted by Gasteiger charge is 2.18. The molecule has 0 heterocycles. The average Bonchev–Trinajstić information content (AvgIpc) is 2.28. The van der Waals surface area contributed by atoms with E-state index in [1.54, 1.807) is 0 Å². The van der Waals surface area contributed by atoms with Crippen molar-refractivity contribution < 1.29 is 4.79 Å². The molecule has 3 N–H and O–H groups in total. The molecule has 0 bridgehead atoms. The summed E-state index contributed by atoms with van der Waals surface area (Å²) in [4.78, 5) is 11.8. The minimum Gasteiger partial charge on any atom is -0.349 e. The molecule has 0 aromatic heterocycles. The second kappa shape index (κ2) is 5.66. The number of hydrogen-bond acceptors (Lipinski definition) is 2. The zero-order valence-electron chi connectivity index (χ0n) is 10.1. The zero-order chi connectivity index (χ0) is 12.1. The molecule has 0 saturated heterocycles. The topological polar surface area (TPSA) is 55.1 Å². The van der Waals surface area contributed by atoms with E-state index in [0.717, 1.165) is 5.56 Å². The fourth-order valence-corrected chi connectivity index (χ4v) is 1.41. The second-order valence-corrected chi connectivity index (χ2v) is 4.29. The van der Waals surface area contributed by atoms with E-state index in [4.69, 9.17) is 5.73 Å². The number of benzene rings is 1. The number of nitrogens with one attached hydrogen (secondary N) is 1. The Kier molecular flexibility index (Phi) is 4.50. The Morgan fingerprint density at radius 2 is 1.75 bits per heavy atom. The van der Waals surface area contributed by atoms with Crippen molar-refractivity contribution in [1.29, 1.82) is 0 Å². The summed E-state index contributed by atoms with van der Waals surface area (Å²) < 4.78 is 0. The summed E-state index contributed by atoms with van der Waals surface area (Å²) in [6, 6.07) is 9.80. The van der Waals surface area contributed by atoms with Gasteiger partial charge in [0, 0.05) is 12.0 Å². The summed E-state index contributed by atoms with van der Waals surface area (Å²) in [5.74, 6) is -0.155. The summed E-state index contributed by atoms with van der Waals surface area (Å²) in [6.45, 7) is 5.66. The van der Waals surface area contributed by atoms with Crippen LogP contribution in [0, 0.1) is 5.92 Å². The van der Waals surface area contributed by atoms with Crippen LogP contribution in [0.1, 0.15) is 32.4 Å². The number of carbonyl (C=O) groups is 1. The van der Waals surface area contributed by atoms with E-state index in [-0.39, 0.29) is 23.9 Å². The highest BCUT2D eigenvalue weighted by molar-refractivity contribution is 5.79. The fourth-order valence-electron chi connectivity index (χ4n) is 1.41. The van der Waals surface area contributed by atoms with Crippen LogP contribution in [-0.2, 0) is 4.79 Å². The van der Waals surface area contributed by atoms with Crippen molar-refractivity contribution in [3.8, 4) is 0 Å². The Bertz CT molecular complexity index is 335. The van der Waals surface area contributed by atoms with Crippen LogP contribution < -0.4 is 11.1 Å². The van der Waals surface area contributed by atoms with E-state index in [2.05, 4.69) is 5.32 Å². The predicted molar refractivity (Wildman–Crippen MR) is 65.8 cm³/mol. The molecule has 1 aromatic carbocycles. The summed E-state index contributed by atoms with van der Waals surface area (Å²) >= 11 is 0. The van der Waals surface area contributed by atoms with Crippen LogP contribution in [-0.4, -0.2) is 11.9 Å². The second-order valence-electron chi connectivity index (χ2n) is 4.29. The Hall–Kier alpha value is -1.35. The lowest BCUT2D eigenvalue weighted by Crippen LogP contribution is -2.39. The van der Waals surface area contributed by atoms with Gasteiger partial charge in [0.2, 0.25) is 5.91 Å². The molecular weight excluding hydrogens is 200 g/mol. The Morgan fingerprint density at radius 3 is 2.25 bits per heavy atom. The third-order valence-corrected chi connectivity index (χ3v) is 2.86. The Balaban J connectivity index is 2.58. The monoisotopic (exact) mass is 220 g/mol. The normalized spacial score (nSPS) is 16.2. The smallest absolute Gasteiger partial charge is 0.224 e. The lowest BCUT2D eigenvalue weighted by Gasteiger charge is -2.19. The van der Waals surface area contributed by atoms with Crippen molar-refractivity contribution >= 4 is 5.91 Å². The highest BCUT2D eigenvalue weighted by atomic mass is 16.1. The average molecular weight is 220 g/mol. The maximum Gasteiger partial charge on any atom is 0.224 e. The molecule has 16 heavy (non-hydrogen) atoms. The van der Waals surface area contributed by atoms with Gasteiger partial charge < -0.3 is 11.1 Å². The first-order valence-corrected chi connectivity index (χ1v) is 5.63. The van der Waals surface area contributed by atoms with Crippen molar-refractivity contribution in [2.75, 3.05) is 0 Å². The standard InChI is InChI=1S/C13H20N2O/c1-9(10(2)14)13(16)15-11(3)12-7-5-4-6-8-12/h4-11H,14H2,1-3H3,(H,15,16)/t9?,10?,11-/m1/s1. The molecular formula is C13H20N2O. The third-order valence-electron chi connectivity index (χ3n) is 2.86. The largest absolute Gasteiger partial charge is 0.349 e. The van der Waals surface area contributed by atoms with E-state index in [9.17, 15) is 4.79 Å². The van der Waals surface area contributed by atoms with Gasteiger partial charge in [0.15, 0.2) is 0 Å². The molecule has 0 fully saturated rings. The summed E-state index contributed by atoms with van der Waals surface area (Å²) in [6.07, 6.45) is 0. The SMILES string of the molecule is CC(N)C(C)C(=O)N[C@H](C)c1ccccc1. The minimum absolute atomic E-state index is 0.00588. The molecule has 1 rings (SSSR count). The van der Waals surface area contributed by atoms with Crippen molar-refractivity contribution in [3.05, 3.63) is 35.9 Å². The van der Waals surface area contributed by atoms with Crippen LogP contribution in [0.15, 0.2) is 30.3 Å². The summed E-state index contributed by atoms with van der Waals surface area (Å²) in [7, 11) is 0. The van der Waals surface area contributed by atoms with Crippen LogP contribution in [0.5, 0.6) is 0 Å². The van der Waals surface area contributed by atoms with Gasteiger partial charge in [0.05, 0.1) is 6.04 Å². The van der Waals surface area contributed by atoms with Gasteiger partial charge in [-0.1, -0.05) is 37.3 Å². The van der Waals surface area contributed by atoms with Gasteiger partial charge in [-0.3, -0.25) is 4.79 Å². The molecule has 2 unspecified atom stereocenters. The number of amides is 1. The Morgan fingerprint density at radius 1 is 1.19 bits per heavy atom. The van der Waals surface area contributed by atoms with E-state index >= 15 is 0 Å². The molecule has 3 nitrogen and oxygen atoms in total. The fraction of sp³-hybridized carbons (Fsp3) is 0.462. The first-order valence-electron chi connectivity index (χ1n) is 5.63. The maximum atomic E-state index is 11.8. The first kappa shape index (κ1) is 12.7. The Labute approximate surface area is 97.0 Å². The van der Waals surface area contributed by atoms with Gasteiger partial charge in [-0.05, 0) is 19.4 Å². The molecule has 88 valence electrons. The van der Waals surface area contributed by atoms with Gasteiger partial charge in [0.1, 0.15) is 0 Å². The van der Waals surface area contributed by atoms with Crippen LogP contribution in [0.2, 0.25) is 0 Å². The maximum absolute atomic E-state index is 11.8. The molecule has 0 radical (unpaired) electrons. The van der Waals surface area contributed by atoms with Crippen LogP contribution in [0.3, 0.4) is 0 Å². The first-order chi connectivity index (χ1) is 7.52. The zero-order valence-corrected chi connectivity index (χ0v) is 10.1. The quantitative estimate of drug-likeness (QED) is 0.813.